The van der Waals surface area contributed by atoms with Gasteiger partial charge in [0.2, 0.25) is 17.7 Å². The number of carbonyl (C=O) groups excluding carboxylic acids is 3. The second kappa shape index (κ2) is 17.6. The van der Waals surface area contributed by atoms with Crippen LogP contribution in [-0.4, -0.2) is 88.6 Å². The Morgan fingerprint density at radius 1 is 0.897 bits per heavy atom. The fourth-order valence-electron chi connectivity index (χ4n) is 3.41. The summed E-state index contributed by atoms with van der Waals surface area (Å²) in [6, 6.07) is 3.73. The van der Waals surface area contributed by atoms with E-state index in [1.54, 1.807) is 30.3 Å². The maximum atomic E-state index is 13.2. The van der Waals surface area contributed by atoms with Crippen LogP contribution in [0, 0.1) is 0 Å². The van der Waals surface area contributed by atoms with Gasteiger partial charge >= 0.3 is 11.9 Å². The molecule has 0 saturated carbocycles. The van der Waals surface area contributed by atoms with E-state index in [9.17, 15) is 29.1 Å². The number of guanidine groups is 1. The Balaban J connectivity index is 3.03. The summed E-state index contributed by atoms with van der Waals surface area (Å²) in [5.74, 6) is -4.65. The van der Waals surface area contributed by atoms with Crippen LogP contribution in [0.2, 0.25) is 0 Å². The molecule has 0 aliphatic carbocycles. The molecule has 4 unspecified atom stereocenters. The summed E-state index contributed by atoms with van der Waals surface area (Å²) >= 11 is 1.45. The highest BCUT2D eigenvalue weighted by Gasteiger charge is 2.31. The van der Waals surface area contributed by atoms with Gasteiger partial charge in [-0.2, -0.15) is 11.8 Å². The fraction of sp³-hybridized carbons (Fsp3) is 0.500. The van der Waals surface area contributed by atoms with Crippen LogP contribution in [0.4, 0.5) is 0 Å². The number of carbonyl (C=O) groups is 5. The molecule has 14 nitrogen and oxygen atoms in total. The van der Waals surface area contributed by atoms with Gasteiger partial charge in [0.15, 0.2) is 5.96 Å². The lowest BCUT2D eigenvalue weighted by molar-refractivity contribution is -0.147. The number of nitrogens with one attached hydrogen (secondary N) is 3. The summed E-state index contributed by atoms with van der Waals surface area (Å²) < 4.78 is 0. The first-order valence-electron chi connectivity index (χ1n) is 12.1. The maximum absolute atomic E-state index is 13.2. The average molecular weight is 568 g/mol. The molecule has 0 heterocycles. The quantitative estimate of drug-likeness (QED) is 0.0568. The molecule has 39 heavy (non-hydrogen) atoms. The van der Waals surface area contributed by atoms with E-state index in [4.69, 9.17) is 22.3 Å². The number of hydrogen-bond acceptors (Lipinski definition) is 8. The van der Waals surface area contributed by atoms with Gasteiger partial charge in [-0.3, -0.25) is 24.2 Å². The summed E-state index contributed by atoms with van der Waals surface area (Å²) in [4.78, 5) is 65.3. The molecule has 1 rings (SSSR count). The molecule has 0 saturated heterocycles. The first-order valence-corrected chi connectivity index (χ1v) is 13.5. The van der Waals surface area contributed by atoms with Crippen molar-refractivity contribution in [3.8, 4) is 0 Å². The number of nitrogens with zero attached hydrogens (tertiary/aromatic N) is 1. The number of hydrogen-bond donors (Lipinski definition) is 8. The molecule has 11 N–H and O–H groups in total. The summed E-state index contributed by atoms with van der Waals surface area (Å²) in [5, 5.41) is 25.7. The van der Waals surface area contributed by atoms with Crippen molar-refractivity contribution in [1.82, 2.24) is 16.0 Å². The Hall–Kier alpha value is -3.85. The lowest BCUT2D eigenvalue weighted by atomic mass is 10.0. The zero-order valence-electron chi connectivity index (χ0n) is 21.7. The molecule has 1 aromatic carbocycles. The average Bonchev–Trinajstić information content (AvgIpc) is 2.87. The molecule has 0 aliphatic heterocycles. The molecule has 1 aromatic rings. The van der Waals surface area contributed by atoms with Crippen LogP contribution in [0.1, 0.15) is 31.2 Å². The zero-order valence-corrected chi connectivity index (χ0v) is 22.5. The number of thioether (sulfide) groups is 1. The molecular weight excluding hydrogens is 530 g/mol. The number of aliphatic imine (C=N–C) groups is 1. The van der Waals surface area contributed by atoms with Gasteiger partial charge in [-0.05, 0) is 36.8 Å². The second-order valence-electron chi connectivity index (χ2n) is 8.65. The zero-order chi connectivity index (χ0) is 29.4. The lowest BCUT2D eigenvalue weighted by Crippen LogP contribution is -2.57. The van der Waals surface area contributed by atoms with Gasteiger partial charge in [0.05, 0.1) is 12.5 Å². The number of benzene rings is 1. The molecule has 0 fully saturated rings. The Morgan fingerprint density at radius 3 is 2.05 bits per heavy atom. The predicted molar refractivity (Wildman–Crippen MR) is 147 cm³/mol. The second-order valence-corrected chi connectivity index (χ2v) is 9.63. The topological polar surface area (TPSA) is 252 Å². The largest absolute Gasteiger partial charge is 0.481 e. The summed E-state index contributed by atoms with van der Waals surface area (Å²) in [6.07, 6.45) is 1.90. The smallest absolute Gasteiger partial charge is 0.326 e. The van der Waals surface area contributed by atoms with E-state index in [1.807, 2.05) is 6.26 Å². The van der Waals surface area contributed by atoms with Crippen molar-refractivity contribution in [2.75, 3.05) is 18.6 Å². The molecule has 4 atom stereocenters. The SMILES string of the molecule is CSCCC(NC(=O)C(N)CCCN=C(N)N)C(=O)NC(Cc1ccccc1)C(=O)NC(CC(=O)O)C(=O)O. The van der Waals surface area contributed by atoms with Crippen molar-refractivity contribution in [3.63, 3.8) is 0 Å². The Bertz CT molecular complexity index is 1010. The van der Waals surface area contributed by atoms with E-state index >= 15 is 0 Å². The van der Waals surface area contributed by atoms with Gasteiger partial charge in [0, 0.05) is 13.0 Å². The van der Waals surface area contributed by atoms with Crippen LogP contribution in [-0.2, 0) is 30.4 Å². The van der Waals surface area contributed by atoms with Gasteiger partial charge in [-0.15, -0.1) is 0 Å². The third-order valence-corrected chi connectivity index (χ3v) is 6.10. The minimum Gasteiger partial charge on any atom is -0.481 e. The highest BCUT2D eigenvalue weighted by molar-refractivity contribution is 7.98. The summed E-state index contributed by atoms with van der Waals surface area (Å²) in [7, 11) is 0. The summed E-state index contributed by atoms with van der Waals surface area (Å²) in [6.45, 7) is 0.287. The Morgan fingerprint density at radius 2 is 1.49 bits per heavy atom. The summed E-state index contributed by atoms with van der Waals surface area (Å²) in [5.41, 5.74) is 17.2. The third kappa shape index (κ3) is 13.5. The number of carboxylic acid groups (broad SMARTS) is 2. The lowest BCUT2D eigenvalue weighted by Gasteiger charge is -2.25. The number of nitrogens with two attached hydrogens (primary N) is 3. The van der Waals surface area contributed by atoms with E-state index in [2.05, 4.69) is 20.9 Å². The molecule has 15 heteroatoms. The minimum absolute atomic E-state index is 0.00861. The third-order valence-electron chi connectivity index (χ3n) is 5.46. The van der Waals surface area contributed by atoms with Crippen LogP contribution in [0.25, 0.3) is 0 Å². The van der Waals surface area contributed by atoms with Crippen LogP contribution < -0.4 is 33.2 Å². The van der Waals surface area contributed by atoms with Gasteiger partial charge < -0.3 is 43.4 Å². The van der Waals surface area contributed by atoms with Gasteiger partial charge in [0.25, 0.3) is 0 Å². The molecule has 0 radical (unpaired) electrons. The standard InChI is InChI=1S/C24H37N7O7S/c1-39-11-9-16(29-20(34)15(25)8-5-10-28-24(26)27)21(35)30-17(12-14-6-3-2-4-7-14)22(36)31-18(23(37)38)13-19(32)33/h2-4,6-7,15-18H,5,8-13,25H2,1H3,(H,29,34)(H,30,35)(H,31,36)(H,32,33)(H,37,38)(H4,26,27,28). The van der Waals surface area contributed by atoms with Gasteiger partial charge in [-0.25, -0.2) is 4.79 Å². The van der Waals surface area contributed by atoms with Crippen LogP contribution in [0.3, 0.4) is 0 Å². The number of aliphatic carboxylic acids is 2. The normalized spacial score (nSPS) is 13.7. The monoisotopic (exact) mass is 567 g/mol. The maximum Gasteiger partial charge on any atom is 0.326 e. The van der Waals surface area contributed by atoms with Crippen LogP contribution >= 0.6 is 11.8 Å². The van der Waals surface area contributed by atoms with Gasteiger partial charge in [-0.1, -0.05) is 30.3 Å². The molecule has 0 aliphatic rings. The van der Waals surface area contributed by atoms with E-state index in [0.717, 1.165) is 0 Å². The van der Waals surface area contributed by atoms with Crippen molar-refractivity contribution in [1.29, 1.82) is 0 Å². The highest BCUT2D eigenvalue weighted by atomic mass is 32.2. The molecule has 0 aromatic heterocycles. The first-order chi connectivity index (χ1) is 18.4. The highest BCUT2D eigenvalue weighted by Crippen LogP contribution is 2.08. The Labute approximate surface area is 230 Å². The molecule has 3 amide bonds. The number of amides is 3. The van der Waals surface area contributed by atoms with E-state index in [-0.39, 0.29) is 31.8 Å². The molecule has 216 valence electrons. The van der Waals surface area contributed by atoms with E-state index < -0.39 is 60.2 Å². The minimum atomic E-state index is -1.70. The van der Waals surface area contributed by atoms with Crippen molar-refractivity contribution in [2.45, 2.75) is 56.3 Å². The van der Waals surface area contributed by atoms with Crippen LogP contribution in [0.5, 0.6) is 0 Å². The van der Waals surface area contributed by atoms with Crippen molar-refractivity contribution in [3.05, 3.63) is 35.9 Å². The molecular formula is C24H37N7O7S. The molecule has 0 spiro atoms. The van der Waals surface area contributed by atoms with Gasteiger partial charge in [0.1, 0.15) is 18.1 Å². The first kappa shape index (κ1) is 33.2. The molecule has 0 bridgehead atoms. The van der Waals surface area contributed by atoms with E-state index in [0.29, 0.717) is 17.7 Å². The van der Waals surface area contributed by atoms with Crippen molar-refractivity contribution < 1.29 is 34.2 Å². The fourth-order valence-corrected chi connectivity index (χ4v) is 3.88. The van der Waals surface area contributed by atoms with Crippen molar-refractivity contribution in [2.24, 2.45) is 22.2 Å². The Kier molecular flexibility index (Phi) is 15.0. The predicted octanol–water partition coefficient (Wildman–Crippen LogP) is -1.62. The van der Waals surface area contributed by atoms with Crippen LogP contribution in [0.15, 0.2) is 35.3 Å². The number of carboxylic acids is 2. The van der Waals surface area contributed by atoms with E-state index in [1.165, 1.54) is 11.8 Å². The number of rotatable bonds is 18. The van der Waals surface area contributed by atoms with Crippen molar-refractivity contribution >= 4 is 47.4 Å².